The Kier molecular flexibility index (Phi) is 4.13. The van der Waals surface area contributed by atoms with Gasteiger partial charge in [-0.1, -0.05) is 54.5 Å². The van der Waals surface area contributed by atoms with Crippen LogP contribution >= 0.6 is 7.94 Å². The molecule has 110 valence electrons. The minimum absolute atomic E-state index is 0.0612. The number of allylic oxidation sites excluding steroid dienone is 4. The van der Waals surface area contributed by atoms with Crippen molar-refractivity contribution in [2.75, 3.05) is 0 Å². The molecule has 0 aromatic carbocycles. The molecule has 0 fully saturated rings. The Morgan fingerprint density at radius 2 is 1.53 bits per heavy atom. The summed E-state index contributed by atoms with van der Waals surface area (Å²) in [5, 5.41) is 0.321. The fraction of sp³-hybridized carbons (Fsp3) is 0.733. The molecule has 0 aliphatic heterocycles. The quantitative estimate of drug-likeness (QED) is 0.638. The first-order chi connectivity index (χ1) is 8.18. The number of hydrogen-bond acceptors (Lipinski definition) is 3. The zero-order chi connectivity index (χ0) is 15.3. The van der Waals surface area contributed by atoms with Crippen LogP contribution in [0.2, 0.25) is 0 Å². The van der Waals surface area contributed by atoms with Gasteiger partial charge in [-0.3, -0.25) is 0 Å². The van der Waals surface area contributed by atoms with Crippen molar-refractivity contribution in [3.8, 4) is 0 Å². The van der Waals surface area contributed by atoms with Crippen LogP contribution in [0.15, 0.2) is 23.0 Å². The van der Waals surface area contributed by atoms with Gasteiger partial charge in [-0.25, -0.2) is 0 Å². The first kappa shape index (κ1) is 16.8. The molecule has 19 heavy (non-hydrogen) atoms. The van der Waals surface area contributed by atoms with Gasteiger partial charge in [-0.15, -0.1) is 0 Å². The van der Waals surface area contributed by atoms with E-state index in [1.165, 1.54) is 0 Å². The van der Waals surface area contributed by atoms with Gasteiger partial charge in [0.1, 0.15) is 0 Å². The second kappa shape index (κ2) is 4.66. The van der Waals surface area contributed by atoms with E-state index in [1.807, 2.05) is 26.8 Å². The second-order valence-corrected chi connectivity index (χ2v) is 9.48. The van der Waals surface area contributed by atoms with Crippen LogP contribution in [-0.2, 0) is 0 Å². The molecule has 1 rings (SSSR count). The van der Waals surface area contributed by atoms with Crippen LogP contribution in [0.5, 0.6) is 0 Å². The first-order valence-electron chi connectivity index (χ1n) is 6.69. The van der Waals surface area contributed by atoms with Crippen LogP contribution in [0, 0.1) is 16.2 Å². The van der Waals surface area contributed by atoms with Crippen LogP contribution < -0.4 is 0 Å². The standard InChI is InChI=1S/C15H28O3P/c1-13(2,3)11-10-15(7,14(4,5)6)9-8-12(11)19(16,17)18/h8-9,16-18H,10H2,1-7H3/q+1. The van der Waals surface area contributed by atoms with Gasteiger partial charge in [0.05, 0.1) is 0 Å². The van der Waals surface area contributed by atoms with E-state index in [1.54, 1.807) is 6.08 Å². The molecule has 4 heteroatoms. The van der Waals surface area contributed by atoms with Crippen molar-refractivity contribution in [1.82, 2.24) is 0 Å². The van der Waals surface area contributed by atoms with Crippen molar-refractivity contribution in [3.63, 3.8) is 0 Å². The van der Waals surface area contributed by atoms with Gasteiger partial charge in [-0.05, 0) is 34.3 Å². The van der Waals surface area contributed by atoms with Crippen LogP contribution in [-0.4, -0.2) is 14.7 Å². The molecule has 0 saturated carbocycles. The Hall–Kier alpha value is -0.210. The predicted molar refractivity (Wildman–Crippen MR) is 81.4 cm³/mol. The van der Waals surface area contributed by atoms with E-state index in [2.05, 4.69) is 27.7 Å². The lowest BCUT2D eigenvalue weighted by Gasteiger charge is -2.44. The summed E-state index contributed by atoms with van der Waals surface area (Å²) in [6.45, 7) is 14.9. The molecule has 0 bridgehead atoms. The average Bonchev–Trinajstić information content (AvgIpc) is 2.12. The molecule has 3 N–H and O–H groups in total. The number of hydrogen-bond donors (Lipinski definition) is 3. The average molecular weight is 287 g/mol. The van der Waals surface area contributed by atoms with Crippen molar-refractivity contribution < 1.29 is 14.7 Å². The molecule has 0 heterocycles. The van der Waals surface area contributed by atoms with E-state index in [-0.39, 0.29) is 16.2 Å². The molecule has 1 atom stereocenters. The van der Waals surface area contributed by atoms with Crippen molar-refractivity contribution in [2.24, 2.45) is 16.2 Å². The van der Waals surface area contributed by atoms with E-state index in [4.69, 9.17) is 0 Å². The third kappa shape index (κ3) is 3.46. The molecular formula is C15H28O3P+. The third-order valence-electron chi connectivity index (χ3n) is 4.40. The minimum Gasteiger partial charge on any atom is -0.189 e. The normalized spacial score (nSPS) is 26.0. The monoisotopic (exact) mass is 287 g/mol. The topological polar surface area (TPSA) is 60.7 Å². The fourth-order valence-electron chi connectivity index (χ4n) is 2.33. The summed E-state index contributed by atoms with van der Waals surface area (Å²) >= 11 is 0. The highest BCUT2D eigenvalue weighted by atomic mass is 31.2. The molecule has 0 radical (unpaired) electrons. The molecule has 1 unspecified atom stereocenters. The lowest BCUT2D eigenvalue weighted by molar-refractivity contribution is 0.156. The minimum atomic E-state index is -3.96. The summed E-state index contributed by atoms with van der Waals surface area (Å²) in [5.41, 5.74) is 0.737. The van der Waals surface area contributed by atoms with E-state index < -0.39 is 7.94 Å². The zero-order valence-corrected chi connectivity index (χ0v) is 14.0. The molecule has 0 spiro atoms. The Bertz CT molecular complexity index is 416. The summed E-state index contributed by atoms with van der Waals surface area (Å²) in [4.78, 5) is 29.0. The maximum absolute atomic E-state index is 9.66. The summed E-state index contributed by atoms with van der Waals surface area (Å²) < 4.78 is 0. The number of rotatable bonds is 1. The molecule has 1 aliphatic carbocycles. The van der Waals surface area contributed by atoms with Gasteiger partial charge >= 0.3 is 7.94 Å². The molecular weight excluding hydrogens is 259 g/mol. The van der Waals surface area contributed by atoms with Gasteiger partial charge < -0.3 is 0 Å². The van der Waals surface area contributed by atoms with Gasteiger partial charge in [0.15, 0.2) is 5.31 Å². The summed E-state index contributed by atoms with van der Waals surface area (Å²) in [6, 6.07) is 0. The Morgan fingerprint density at radius 1 is 1.05 bits per heavy atom. The van der Waals surface area contributed by atoms with E-state index in [0.717, 1.165) is 12.0 Å². The molecule has 0 aromatic rings. The zero-order valence-electron chi connectivity index (χ0n) is 13.2. The van der Waals surface area contributed by atoms with Crippen molar-refractivity contribution in [1.29, 1.82) is 0 Å². The first-order valence-corrected chi connectivity index (χ1v) is 8.34. The van der Waals surface area contributed by atoms with Crippen molar-refractivity contribution in [3.05, 3.63) is 23.0 Å². The third-order valence-corrected chi connectivity index (χ3v) is 5.47. The van der Waals surface area contributed by atoms with Gasteiger partial charge in [-0.2, -0.15) is 14.7 Å². The predicted octanol–water partition coefficient (Wildman–Crippen LogP) is 4.04. The fourth-order valence-corrected chi connectivity index (χ4v) is 3.38. The Morgan fingerprint density at radius 3 is 1.84 bits per heavy atom. The highest BCUT2D eigenvalue weighted by Gasteiger charge is 2.48. The van der Waals surface area contributed by atoms with Crippen LogP contribution in [0.4, 0.5) is 0 Å². The Labute approximate surface area is 117 Å². The lowest BCUT2D eigenvalue weighted by atomic mass is 9.61. The highest BCUT2D eigenvalue weighted by molar-refractivity contribution is 7.63. The molecule has 0 saturated heterocycles. The van der Waals surface area contributed by atoms with Crippen LogP contribution in [0.1, 0.15) is 54.9 Å². The summed E-state index contributed by atoms with van der Waals surface area (Å²) in [7, 11) is -3.96. The van der Waals surface area contributed by atoms with Crippen LogP contribution in [0.25, 0.3) is 0 Å². The van der Waals surface area contributed by atoms with Gasteiger partial charge in [0.25, 0.3) is 0 Å². The smallest absolute Gasteiger partial charge is 0.189 e. The summed E-state index contributed by atoms with van der Waals surface area (Å²) in [6.07, 6.45) is 4.45. The van der Waals surface area contributed by atoms with Crippen LogP contribution in [0.3, 0.4) is 0 Å². The molecule has 1 aliphatic rings. The highest BCUT2D eigenvalue weighted by Crippen LogP contribution is 2.62. The molecule has 0 aromatic heterocycles. The Balaban J connectivity index is 3.37. The van der Waals surface area contributed by atoms with E-state index in [0.29, 0.717) is 5.31 Å². The molecule has 3 nitrogen and oxygen atoms in total. The second-order valence-electron chi connectivity index (χ2n) is 7.86. The SMILES string of the molecule is CC(C)(C)C1=C([P+](O)(O)O)C=CC(C)(C(C)(C)C)C1. The van der Waals surface area contributed by atoms with Crippen molar-refractivity contribution in [2.45, 2.75) is 54.9 Å². The van der Waals surface area contributed by atoms with E-state index >= 15 is 0 Å². The van der Waals surface area contributed by atoms with E-state index in [9.17, 15) is 14.7 Å². The maximum Gasteiger partial charge on any atom is 0.440 e. The maximum atomic E-state index is 9.66. The summed E-state index contributed by atoms with van der Waals surface area (Å²) in [5.74, 6) is 0. The lowest BCUT2D eigenvalue weighted by Crippen LogP contribution is -2.35. The van der Waals surface area contributed by atoms with Gasteiger partial charge in [0.2, 0.25) is 0 Å². The van der Waals surface area contributed by atoms with Crippen molar-refractivity contribution >= 4 is 7.94 Å². The largest absolute Gasteiger partial charge is 0.440 e. The molecule has 0 amide bonds. The van der Waals surface area contributed by atoms with Gasteiger partial charge in [0, 0.05) is 0 Å².